The first-order chi connectivity index (χ1) is 15.6. The maximum Gasteiger partial charge on any atom is 1.00 e. The minimum Gasteiger partial charge on any atom is -0.369 e. The predicted molar refractivity (Wildman–Crippen MR) is 128 cm³/mol. The van der Waals surface area contributed by atoms with Crippen molar-refractivity contribution in [3.63, 3.8) is 0 Å². The van der Waals surface area contributed by atoms with Crippen molar-refractivity contribution in [3.8, 4) is 0 Å². The number of imidazole rings is 1. The Morgan fingerprint density at radius 2 is 2.03 bits per heavy atom. The Labute approximate surface area is 208 Å². The fraction of sp³-hybridized carbons (Fsp3) is 0.440. The van der Waals surface area contributed by atoms with Gasteiger partial charge in [0.2, 0.25) is 5.91 Å². The van der Waals surface area contributed by atoms with E-state index in [1.807, 2.05) is 18.6 Å². The molecule has 3 heterocycles. The first kappa shape index (κ1) is 25.3. The molecule has 33 heavy (non-hydrogen) atoms. The predicted octanol–water partition coefficient (Wildman–Crippen LogP) is 0.602. The number of carbonyl (C=O) groups excluding carboxylic acids is 1. The fourth-order valence-corrected chi connectivity index (χ4v) is 4.56. The minimum atomic E-state index is -0.187. The second kappa shape index (κ2) is 11.7. The summed E-state index contributed by atoms with van der Waals surface area (Å²) in [6, 6.07) is 11.0. The summed E-state index contributed by atoms with van der Waals surface area (Å²) in [7, 11) is 0. The van der Waals surface area contributed by atoms with Gasteiger partial charge in [-0.1, -0.05) is 12.1 Å². The minimum absolute atomic E-state index is 0. The van der Waals surface area contributed by atoms with Crippen LogP contribution in [0.1, 0.15) is 50.3 Å². The number of hydrogen-bond acceptors (Lipinski definition) is 5. The van der Waals surface area contributed by atoms with Gasteiger partial charge in [-0.3, -0.25) is 4.79 Å². The average Bonchev–Trinajstić information content (AvgIpc) is 3.23. The summed E-state index contributed by atoms with van der Waals surface area (Å²) >= 11 is 0. The standard InChI is InChI=1S/C25H33N6O.Li/c1-3-5-18(2)31-17-29-22-8-7-19(14-23(22)31)15-27-16-21-6-4-11-28-25(21)30-12-9-20(10-13-30)24(26)32;/h3-4,6-8,11,14,17-18,20,27H,5,9-10,12-13,15-16H2,1-2H3,(H2,26,32);/q-1;+1. The summed E-state index contributed by atoms with van der Waals surface area (Å²) in [6.07, 6.45) is 8.59. The van der Waals surface area contributed by atoms with Crippen LogP contribution >= 0.6 is 0 Å². The number of rotatable bonds is 9. The number of benzene rings is 1. The van der Waals surface area contributed by atoms with Crippen molar-refractivity contribution in [2.45, 2.75) is 52.2 Å². The molecule has 0 aliphatic carbocycles. The van der Waals surface area contributed by atoms with Gasteiger partial charge in [-0.15, -0.1) is 0 Å². The van der Waals surface area contributed by atoms with E-state index in [0.717, 1.165) is 56.8 Å². The molecule has 0 bridgehead atoms. The number of amides is 1. The summed E-state index contributed by atoms with van der Waals surface area (Å²) in [6.45, 7) is 7.45. The number of nitrogens with two attached hydrogens (primary N) is 1. The van der Waals surface area contributed by atoms with Crippen molar-refractivity contribution in [3.05, 3.63) is 60.4 Å². The molecule has 1 unspecified atom stereocenters. The number of anilines is 1. The molecule has 0 saturated carbocycles. The molecule has 4 rings (SSSR count). The van der Waals surface area contributed by atoms with Crippen molar-refractivity contribution >= 4 is 22.8 Å². The molecule has 2 aromatic heterocycles. The molecule has 3 N–H and O–H groups in total. The Balaban J connectivity index is 0.00000306. The van der Waals surface area contributed by atoms with Gasteiger partial charge in [0.25, 0.3) is 0 Å². The van der Waals surface area contributed by atoms with Crippen LogP contribution in [0.3, 0.4) is 0 Å². The van der Waals surface area contributed by atoms with Crippen LogP contribution in [0.15, 0.2) is 42.9 Å². The monoisotopic (exact) mass is 440 g/mol. The van der Waals surface area contributed by atoms with E-state index in [9.17, 15) is 4.79 Å². The fourth-order valence-electron chi connectivity index (χ4n) is 4.56. The van der Waals surface area contributed by atoms with Gasteiger partial charge in [-0.25, -0.2) is 9.97 Å². The molecule has 1 atom stereocenters. The van der Waals surface area contributed by atoms with E-state index in [1.165, 1.54) is 16.6 Å². The number of aromatic nitrogens is 3. The van der Waals surface area contributed by atoms with Gasteiger partial charge in [0.1, 0.15) is 5.82 Å². The van der Waals surface area contributed by atoms with Gasteiger partial charge in [0.15, 0.2) is 0 Å². The van der Waals surface area contributed by atoms with E-state index in [0.29, 0.717) is 6.04 Å². The molecule has 3 aromatic rings. The SMILES string of the molecule is C[CH-]CC(C)n1cnc2ccc(CNCc3cccnc3N3CCC(C(N)=O)CC3)cc21.[Li+]. The molecule has 8 heteroatoms. The molecule has 1 aliphatic rings. The Morgan fingerprint density at radius 1 is 1.24 bits per heavy atom. The summed E-state index contributed by atoms with van der Waals surface area (Å²) in [4.78, 5) is 22.9. The quantitative estimate of drug-likeness (QED) is 0.376. The van der Waals surface area contributed by atoms with E-state index >= 15 is 0 Å². The number of carbonyl (C=O) groups is 1. The first-order valence-corrected chi connectivity index (χ1v) is 11.5. The molecule has 0 spiro atoms. The molecule has 1 aromatic carbocycles. The van der Waals surface area contributed by atoms with E-state index in [4.69, 9.17) is 5.73 Å². The Bertz CT molecular complexity index is 1060. The van der Waals surface area contributed by atoms with E-state index in [2.05, 4.69) is 69.3 Å². The number of primary amides is 1. The maximum atomic E-state index is 11.5. The molecule has 1 aliphatic heterocycles. The largest absolute Gasteiger partial charge is 1.00 e. The molecular weight excluding hydrogens is 407 g/mol. The number of piperidine rings is 1. The van der Waals surface area contributed by atoms with Gasteiger partial charge < -0.3 is 26.9 Å². The molecule has 170 valence electrons. The molecule has 1 fully saturated rings. The van der Waals surface area contributed by atoms with E-state index < -0.39 is 0 Å². The number of pyridine rings is 1. The summed E-state index contributed by atoms with van der Waals surface area (Å²) in [5.41, 5.74) is 10.1. The van der Waals surface area contributed by atoms with Crippen LogP contribution in [0.5, 0.6) is 0 Å². The molecular formula is C25H33LiN6O. The number of hydrogen-bond donors (Lipinski definition) is 2. The van der Waals surface area contributed by atoms with Crippen LogP contribution in [0.25, 0.3) is 11.0 Å². The van der Waals surface area contributed by atoms with Crippen molar-refractivity contribution in [2.75, 3.05) is 18.0 Å². The second-order valence-corrected chi connectivity index (χ2v) is 8.72. The van der Waals surface area contributed by atoms with Crippen molar-refractivity contribution < 1.29 is 23.7 Å². The third kappa shape index (κ3) is 5.97. The number of nitrogens with zero attached hydrogens (tertiary/aromatic N) is 4. The van der Waals surface area contributed by atoms with Gasteiger partial charge in [-0.05, 0) is 43.5 Å². The molecule has 1 saturated heterocycles. The van der Waals surface area contributed by atoms with Crippen LogP contribution < -0.4 is 34.8 Å². The Morgan fingerprint density at radius 3 is 2.76 bits per heavy atom. The van der Waals surface area contributed by atoms with Gasteiger partial charge >= 0.3 is 18.9 Å². The van der Waals surface area contributed by atoms with E-state index in [1.54, 1.807) is 0 Å². The normalized spacial score (nSPS) is 15.4. The topological polar surface area (TPSA) is 89.1 Å². The number of fused-ring (bicyclic) bond motifs is 1. The smallest absolute Gasteiger partial charge is 0.369 e. The zero-order valence-corrected chi connectivity index (χ0v) is 20.0. The van der Waals surface area contributed by atoms with E-state index in [-0.39, 0.29) is 30.7 Å². The van der Waals surface area contributed by atoms with Gasteiger partial charge in [0, 0.05) is 49.9 Å². The maximum absolute atomic E-state index is 11.5. The van der Waals surface area contributed by atoms with Crippen LogP contribution in [-0.2, 0) is 17.9 Å². The van der Waals surface area contributed by atoms with Gasteiger partial charge in [-0.2, -0.15) is 13.3 Å². The van der Waals surface area contributed by atoms with Crippen LogP contribution in [0.4, 0.5) is 5.82 Å². The van der Waals surface area contributed by atoms with Crippen molar-refractivity contribution in [2.24, 2.45) is 11.7 Å². The molecule has 7 nitrogen and oxygen atoms in total. The summed E-state index contributed by atoms with van der Waals surface area (Å²) in [5.74, 6) is 0.798. The first-order valence-electron chi connectivity index (χ1n) is 11.5. The zero-order valence-electron chi connectivity index (χ0n) is 20.0. The number of nitrogens with one attached hydrogen (secondary N) is 1. The zero-order chi connectivity index (χ0) is 22.5. The summed E-state index contributed by atoms with van der Waals surface area (Å²) < 4.78 is 2.26. The molecule has 1 amide bonds. The third-order valence-electron chi connectivity index (χ3n) is 6.40. The van der Waals surface area contributed by atoms with Crippen LogP contribution in [0.2, 0.25) is 0 Å². The van der Waals surface area contributed by atoms with Crippen LogP contribution in [-0.4, -0.2) is 33.5 Å². The third-order valence-corrected chi connectivity index (χ3v) is 6.40. The van der Waals surface area contributed by atoms with Crippen LogP contribution in [0, 0.1) is 12.3 Å². The summed E-state index contributed by atoms with van der Waals surface area (Å²) in [5, 5.41) is 3.58. The Kier molecular flexibility index (Phi) is 8.96. The second-order valence-electron chi connectivity index (χ2n) is 8.72. The van der Waals surface area contributed by atoms with Gasteiger partial charge in [0.05, 0.1) is 17.4 Å². The Hall–Kier alpha value is -2.33. The van der Waals surface area contributed by atoms with Crippen molar-refractivity contribution in [1.29, 1.82) is 0 Å². The van der Waals surface area contributed by atoms with Crippen molar-refractivity contribution in [1.82, 2.24) is 19.9 Å². The average molecular weight is 441 g/mol. The molecule has 0 radical (unpaired) electrons.